The maximum absolute atomic E-state index is 11.2. The molecule has 52 heavy (non-hydrogen) atoms. The van der Waals surface area contributed by atoms with Crippen LogP contribution in [0.25, 0.3) is 21.8 Å². The topological polar surface area (TPSA) is 125 Å². The molecular weight excluding hydrogens is 826 g/mol. The normalized spacial score (nSPS) is 14.7. The van der Waals surface area contributed by atoms with Crippen LogP contribution in [0.15, 0.2) is 74.8 Å². The van der Waals surface area contributed by atoms with Gasteiger partial charge in [0.2, 0.25) is 0 Å². The Balaban J connectivity index is 0.934. The minimum Gasteiger partial charge on any atom is -0.393 e. The second kappa shape index (κ2) is 18.6. The van der Waals surface area contributed by atoms with Gasteiger partial charge in [-0.2, -0.15) is 0 Å². The highest BCUT2D eigenvalue weighted by molar-refractivity contribution is 9.10. The Hall–Kier alpha value is -2.62. The fraction of sp³-hybridized carbons (Fsp3) is 0.421. The minimum absolute atomic E-state index is 0.449. The van der Waals surface area contributed by atoms with Crippen LogP contribution in [0.1, 0.15) is 38.2 Å². The number of nitrogens with one attached hydrogen (secondary N) is 1. The molecule has 1 aliphatic heterocycles. The number of piperazine rings is 1. The van der Waals surface area contributed by atoms with Crippen LogP contribution in [-0.4, -0.2) is 87.1 Å². The van der Waals surface area contributed by atoms with E-state index in [1.165, 1.54) is 10.8 Å². The average molecular weight is 874 g/mol. The summed E-state index contributed by atoms with van der Waals surface area (Å²) in [6.45, 7) is 9.64. The van der Waals surface area contributed by atoms with Crippen LogP contribution < -0.4 is 21.9 Å². The maximum atomic E-state index is 11.2. The number of nitrogen functional groups attached to an aromatic ring is 1. The summed E-state index contributed by atoms with van der Waals surface area (Å²) in [7, 11) is 0. The number of aliphatic hydroxyl groups is 1. The number of fused-ring (bicyclic) bond motifs is 3. The Morgan fingerprint density at radius 3 is 2.21 bits per heavy atom. The van der Waals surface area contributed by atoms with Crippen molar-refractivity contribution in [2.45, 2.75) is 57.0 Å². The highest BCUT2D eigenvalue weighted by atomic mass is 79.9. The van der Waals surface area contributed by atoms with Gasteiger partial charge in [-0.1, -0.05) is 80.7 Å². The molecule has 5 aromatic rings. The number of β-amino-alcohol motifs (C(OH)–C–C–N with tert-alkyl or cyclic N) is 1. The smallest absolute Gasteiger partial charge is 0.191 e. The maximum Gasteiger partial charge on any atom is 0.191 e. The molecule has 1 unspecified atom stereocenters. The molecule has 6 N–H and O–H groups in total. The molecule has 278 valence electrons. The van der Waals surface area contributed by atoms with E-state index in [2.05, 4.69) is 94.9 Å². The van der Waals surface area contributed by atoms with E-state index in [0.29, 0.717) is 47.1 Å². The van der Waals surface area contributed by atoms with E-state index in [1.807, 2.05) is 24.3 Å². The van der Waals surface area contributed by atoms with E-state index >= 15 is 0 Å². The first kappa shape index (κ1) is 39.1. The van der Waals surface area contributed by atoms with E-state index in [0.717, 1.165) is 96.2 Å². The summed E-state index contributed by atoms with van der Waals surface area (Å²) in [5, 5.41) is 20.0. The third-order valence-corrected chi connectivity index (χ3v) is 11.7. The number of aromatic nitrogens is 3. The highest BCUT2D eigenvalue weighted by Gasteiger charge is 2.21. The number of unbranched alkanes of at least 4 members (excludes halogenated alkanes) is 2. The number of rotatable bonds is 17. The van der Waals surface area contributed by atoms with Crippen molar-refractivity contribution in [1.29, 1.82) is 0 Å². The lowest BCUT2D eigenvalue weighted by Crippen LogP contribution is -2.49. The summed E-state index contributed by atoms with van der Waals surface area (Å²) >= 11 is 14.9. The number of anilines is 3. The summed E-state index contributed by atoms with van der Waals surface area (Å²) in [5.41, 5.74) is 10.3. The van der Waals surface area contributed by atoms with Gasteiger partial charge >= 0.3 is 0 Å². The van der Waals surface area contributed by atoms with Gasteiger partial charge < -0.3 is 25.6 Å². The van der Waals surface area contributed by atoms with Gasteiger partial charge in [-0.15, -0.1) is 0 Å². The van der Waals surface area contributed by atoms with Gasteiger partial charge in [-0.3, -0.25) is 9.91 Å². The second-order valence-corrected chi connectivity index (χ2v) is 16.7. The van der Waals surface area contributed by atoms with Crippen LogP contribution in [0.4, 0.5) is 17.3 Å². The van der Waals surface area contributed by atoms with Gasteiger partial charge in [-0.05, 0) is 79.9 Å². The van der Waals surface area contributed by atoms with Gasteiger partial charge in [0, 0.05) is 80.8 Å². The molecule has 1 atom stereocenters. The first-order chi connectivity index (χ1) is 25.2. The van der Waals surface area contributed by atoms with Crippen molar-refractivity contribution in [3.05, 3.63) is 80.2 Å². The Bertz CT molecular complexity index is 1880. The summed E-state index contributed by atoms with van der Waals surface area (Å²) in [6.07, 6.45) is 3.81. The SMILES string of the molecule is CCCSc1nc(NCCCCCN2CCN(CC(O)Cn3c4ccc(Br)cc4c4cc(Br)ccc43)CC2)c(N)c(N(N)Cc2ccc(Cl)cc2)n1. The van der Waals surface area contributed by atoms with Crippen LogP contribution in [0.3, 0.4) is 0 Å². The zero-order valence-corrected chi connectivity index (χ0v) is 34.3. The number of nitrogens with zero attached hydrogens (tertiary/aromatic N) is 6. The molecule has 0 saturated carbocycles. The molecule has 1 fully saturated rings. The molecule has 1 aliphatic rings. The van der Waals surface area contributed by atoms with E-state index in [1.54, 1.807) is 16.8 Å². The van der Waals surface area contributed by atoms with Gasteiger partial charge in [0.15, 0.2) is 16.8 Å². The third-order valence-electron chi connectivity index (χ3n) is 9.44. The monoisotopic (exact) mass is 871 g/mol. The predicted octanol–water partition coefficient (Wildman–Crippen LogP) is 7.99. The second-order valence-electron chi connectivity index (χ2n) is 13.4. The fourth-order valence-electron chi connectivity index (χ4n) is 6.76. The quantitative estimate of drug-likeness (QED) is 0.0241. The molecule has 0 radical (unpaired) electrons. The van der Waals surface area contributed by atoms with Crippen LogP contribution in [-0.2, 0) is 13.1 Å². The number of aliphatic hydroxyl groups excluding tert-OH is 1. The van der Waals surface area contributed by atoms with Gasteiger partial charge in [-0.25, -0.2) is 15.8 Å². The molecule has 3 heterocycles. The highest BCUT2D eigenvalue weighted by Crippen LogP contribution is 2.34. The molecule has 3 aromatic carbocycles. The van der Waals surface area contributed by atoms with E-state index in [9.17, 15) is 5.11 Å². The number of nitrogens with two attached hydrogens (primary N) is 2. The minimum atomic E-state index is -0.456. The van der Waals surface area contributed by atoms with Gasteiger partial charge in [0.1, 0.15) is 5.69 Å². The molecule has 14 heteroatoms. The molecule has 6 rings (SSSR count). The zero-order valence-electron chi connectivity index (χ0n) is 29.6. The van der Waals surface area contributed by atoms with Crippen LogP contribution in [0, 0.1) is 0 Å². The lowest BCUT2D eigenvalue weighted by Gasteiger charge is -2.35. The van der Waals surface area contributed by atoms with E-state index in [4.69, 9.17) is 33.1 Å². The third kappa shape index (κ3) is 10.1. The van der Waals surface area contributed by atoms with Crippen molar-refractivity contribution in [2.24, 2.45) is 5.84 Å². The molecule has 2 aromatic heterocycles. The number of hydrogen-bond acceptors (Lipinski definition) is 10. The fourth-order valence-corrected chi connectivity index (χ4v) is 8.30. The van der Waals surface area contributed by atoms with Crippen molar-refractivity contribution < 1.29 is 5.11 Å². The molecule has 0 amide bonds. The van der Waals surface area contributed by atoms with Crippen molar-refractivity contribution in [3.63, 3.8) is 0 Å². The lowest BCUT2D eigenvalue weighted by molar-refractivity contribution is 0.0651. The Kier molecular flexibility index (Phi) is 14.0. The number of benzene rings is 3. The van der Waals surface area contributed by atoms with Gasteiger partial charge in [0.25, 0.3) is 0 Å². The summed E-state index contributed by atoms with van der Waals surface area (Å²) in [5.74, 6) is 8.54. The van der Waals surface area contributed by atoms with Crippen LogP contribution in [0.5, 0.6) is 0 Å². The van der Waals surface area contributed by atoms with Gasteiger partial charge in [0.05, 0.1) is 19.2 Å². The number of hydrogen-bond donors (Lipinski definition) is 4. The summed E-state index contributed by atoms with van der Waals surface area (Å²) in [4.78, 5) is 14.4. The predicted molar refractivity (Wildman–Crippen MR) is 225 cm³/mol. The summed E-state index contributed by atoms with van der Waals surface area (Å²) < 4.78 is 4.37. The average Bonchev–Trinajstić information content (AvgIpc) is 3.42. The first-order valence-electron chi connectivity index (χ1n) is 18.0. The summed E-state index contributed by atoms with van der Waals surface area (Å²) in [6, 6.07) is 20.3. The largest absolute Gasteiger partial charge is 0.393 e. The Labute approximate surface area is 332 Å². The molecule has 10 nitrogen and oxygen atoms in total. The number of halogens is 3. The standard InChI is InChI=1S/C38H48Br2ClN9OS/c1-2-20-52-38-45-36(35(42)37(46-38)50(43)23-26-6-10-29(41)11-7-26)44-14-4-3-5-15-47-16-18-48(19-17-47)24-30(51)25-49-33-12-8-27(39)21-31(33)32-22-28(40)9-13-34(32)49/h6-13,21-22,30,51H,2-5,14-20,23-25,42-43H2,1H3,(H,44,45,46). The molecule has 0 bridgehead atoms. The van der Waals surface area contributed by atoms with E-state index < -0.39 is 6.10 Å². The Morgan fingerprint density at radius 1 is 0.904 bits per heavy atom. The number of hydrazine groups is 1. The van der Waals surface area contributed by atoms with Crippen molar-refractivity contribution in [3.8, 4) is 0 Å². The molecular formula is C38H48Br2ClN9OS. The number of thioether (sulfide) groups is 1. The first-order valence-corrected chi connectivity index (χ1v) is 20.9. The molecule has 0 spiro atoms. The van der Waals surface area contributed by atoms with Crippen molar-refractivity contribution in [1.82, 2.24) is 24.3 Å². The lowest BCUT2D eigenvalue weighted by atomic mass is 10.2. The van der Waals surface area contributed by atoms with Crippen LogP contribution in [0.2, 0.25) is 5.02 Å². The molecule has 0 aliphatic carbocycles. The van der Waals surface area contributed by atoms with E-state index in [-0.39, 0.29) is 0 Å². The Morgan fingerprint density at radius 2 is 1.56 bits per heavy atom. The van der Waals surface area contributed by atoms with Crippen LogP contribution >= 0.6 is 55.2 Å². The van der Waals surface area contributed by atoms with Crippen molar-refractivity contribution in [2.75, 3.05) is 67.6 Å². The molecule has 1 saturated heterocycles. The zero-order chi connectivity index (χ0) is 36.6. The van der Waals surface area contributed by atoms with Crippen molar-refractivity contribution >= 4 is 94.4 Å².